The van der Waals surface area contributed by atoms with Gasteiger partial charge in [0, 0.05) is 31.2 Å². The maximum Gasteiger partial charge on any atom is 0.416 e. The first kappa shape index (κ1) is 17.7. The zero-order valence-electron chi connectivity index (χ0n) is 13.3. The smallest absolute Gasteiger partial charge is 0.378 e. The van der Waals surface area contributed by atoms with Gasteiger partial charge in [-0.15, -0.1) is 0 Å². The monoisotopic (exact) mass is 337 g/mol. The molecular weight excluding hydrogens is 319 g/mol. The van der Waals surface area contributed by atoms with Gasteiger partial charge in [0.05, 0.1) is 12.1 Å². The van der Waals surface area contributed by atoms with Crippen LogP contribution in [0.1, 0.15) is 5.56 Å². The summed E-state index contributed by atoms with van der Waals surface area (Å²) in [5, 5.41) is 5.37. The Kier molecular flexibility index (Phi) is 5.33. The standard InChI is InChI=1S/C17H18F3N3O/c1-23(2)15-8-6-13(7-9-15)21-11-16(24)22-14-5-3-4-12(10-14)17(18,19)20/h3-10,21H,11H2,1-2H3,(H,22,24). The Morgan fingerprint density at radius 2 is 1.71 bits per heavy atom. The molecule has 2 aromatic rings. The number of carbonyl (C=O) groups is 1. The van der Waals surface area contributed by atoms with Gasteiger partial charge in [-0.25, -0.2) is 0 Å². The maximum atomic E-state index is 12.6. The highest BCUT2D eigenvalue weighted by Gasteiger charge is 2.30. The predicted octanol–water partition coefficient (Wildman–Crippen LogP) is 3.82. The lowest BCUT2D eigenvalue weighted by Crippen LogP contribution is -2.22. The lowest BCUT2D eigenvalue weighted by Gasteiger charge is -2.13. The summed E-state index contributed by atoms with van der Waals surface area (Å²) < 4.78 is 37.9. The number of carbonyl (C=O) groups excluding carboxylic acids is 1. The first-order valence-electron chi connectivity index (χ1n) is 7.24. The minimum absolute atomic E-state index is 0.0441. The van der Waals surface area contributed by atoms with Crippen molar-refractivity contribution >= 4 is 23.0 Å². The number of rotatable bonds is 5. The number of nitrogens with one attached hydrogen (secondary N) is 2. The Bertz CT molecular complexity index is 697. The second kappa shape index (κ2) is 7.25. The molecule has 0 heterocycles. The molecule has 0 aliphatic carbocycles. The molecule has 0 fully saturated rings. The van der Waals surface area contributed by atoms with Crippen LogP contribution in [-0.2, 0) is 11.0 Å². The van der Waals surface area contributed by atoms with E-state index < -0.39 is 17.6 Å². The van der Waals surface area contributed by atoms with E-state index in [9.17, 15) is 18.0 Å². The molecule has 0 unspecified atom stereocenters. The molecule has 0 radical (unpaired) electrons. The highest BCUT2D eigenvalue weighted by molar-refractivity contribution is 5.93. The van der Waals surface area contributed by atoms with E-state index in [0.29, 0.717) is 0 Å². The molecular formula is C17H18F3N3O. The molecule has 7 heteroatoms. The number of benzene rings is 2. The van der Waals surface area contributed by atoms with Gasteiger partial charge < -0.3 is 15.5 Å². The fourth-order valence-corrected chi connectivity index (χ4v) is 2.04. The largest absolute Gasteiger partial charge is 0.416 e. The summed E-state index contributed by atoms with van der Waals surface area (Å²) in [7, 11) is 3.84. The van der Waals surface area contributed by atoms with E-state index in [1.165, 1.54) is 12.1 Å². The van der Waals surface area contributed by atoms with Crippen molar-refractivity contribution in [2.24, 2.45) is 0 Å². The molecule has 0 aliphatic rings. The summed E-state index contributed by atoms with van der Waals surface area (Å²) >= 11 is 0. The molecule has 0 aliphatic heterocycles. The Morgan fingerprint density at radius 1 is 1.04 bits per heavy atom. The van der Waals surface area contributed by atoms with Crippen LogP contribution in [-0.4, -0.2) is 26.5 Å². The molecule has 128 valence electrons. The molecule has 24 heavy (non-hydrogen) atoms. The van der Waals surface area contributed by atoms with Gasteiger partial charge in [0.15, 0.2) is 0 Å². The second-order valence-corrected chi connectivity index (χ2v) is 5.42. The van der Waals surface area contributed by atoms with Crippen LogP contribution in [0.15, 0.2) is 48.5 Å². The predicted molar refractivity (Wildman–Crippen MR) is 89.3 cm³/mol. The van der Waals surface area contributed by atoms with Crippen LogP contribution >= 0.6 is 0 Å². The molecule has 0 saturated carbocycles. The van der Waals surface area contributed by atoms with E-state index in [0.717, 1.165) is 23.5 Å². The van der Waals surface area contributed by atoms with Gasteiger partial charge in [-0.1, -0.05) is 6.07 Å². The molecule has 0 saturated heterocycles. The maximum absolute atomic E-state index is 12.6. The number of hydrogen-bond acceptors (Lipinski definition) is 3. The fourth-order valence-electron chi connectivity index (χ4n) is 2.04. The molecule has 0 aromatic heterocycles. The van der Waals surface area contributed by atoms with Crippen LogP contribution in [0.5, 0.6) is 0 Å². The van der Waals surface area contributed by atoms with Crippen molar-refractivity contribution in [2.45, 2.75) is 6.18 Å². The lowest BCUT2D eigenvalue weighted by molar-refractivity contribution is -0.137. The quantitative estimate of drug-likeness (QED) is 0.872. The summed E-state index contributed by atoms with van der Waals surface area (Å²) in [6, 6.07) is 12.0. The molecule has 1 amide bonds. The van der Waals surface area contributed by atoms with Gasteiger partial charge in [0.1, 0.15) is 0 Å². The average molecular weight is 337 g/mol. The van der Waals surface area contributed by atoms with E-state index in [-0.39, 0.29) is 12.2 Å². The average Bonchev–Trinajstić information content (AvgIpc) is 2.53. The van der Waals surface area contributed by atoms with Crippen LogP contribution in [0.2, 0.25) is 0 Å². The number of hydrogen-bond donors (Lipinski definition) is 2. The van der Waals surface area contributed by atoms with Gasteiger partial charge in [-0.2, -0.15) is 13.2 Å². The molecule has 0 bridgehead atoms. The van der Waals surface area contributed by atoms with Gasteiger partial charge in [0.2, 0.25) is 5.91 Å². The van der Waals surface area contributed by atoms with Crippen molar-refractivity contribution < 1.29 is 18.0 Å². The minimum atomic E-state index is -4.44. The lowest BCUT2D eigenvalue weighted by atomic mass is 10.2. The SMILES string of the molecule is CN(C)c1ccc(NCC(=O)Nc2cccc(C(F)(F)F)c2)cc1. The van der Waals surface area contributed by atoms with E-state index in [1.807, 2.05) is 43.3 Å². The number of amides is 1. The summed E-state index contributed by atoms with van der Waals surface area (Å²) in [6.45, 7) is -0.0441. The van der Waals surface area contributed by atoms with Crippen LogP contribution in [0, 0.1) is 0 Å². The minimum Gasteiger partial charge on any atom is -0.378 e. The first-order valence-corrected chi connectivity index (χ1v) is 7.24. The van der Waals surface area contributed by atoms with Gasteiger partial charge in [-0.05, 0) is 42.5 Å². The van der Waals surface area contributed by atoms with E-state index in [2.05, 4.69) is 10.6 Å². The molecule has 2 aromatic carbocycles. The Labute approximate surface area is 138 Å². The van der Waals surface area contributed by atoms with Gasteiger partial charge in [-0.3, -0.25) is 4.79 Å². The second-order valence-electron chi connectivity index (χ2n) is 5.42. The van der Waals surface area contributed by atoms with Crippen LogP contribution in [0.4, 0.5) is 30.2 Å². The number of alkyl halides is 3. The van der Waals surface area contributed by atoms with Crippen molar-refractivity contribution in [3.8, 4) is 0 Å². The zero-order chi connectivity index (χ0) is 17.7. The number of nitrogens with zero attached hydrogens (tertiary/aromatic N) is 1. The Hall–Kier alpha value is -2.70. The van der Waals surface area contributed by atoms with E-state index in [1.54, 1.807) is 0 Å². The first-order chi connectivity index (χ1) is 11.3. The number of anilines is 3. The third-order valence-corrected chi connectivity index (χ3v) is 3.31. The van der Waals surface area contributed by atoms with Crippen molar-refractivity contribution in [1.29, 1.82) is 0 Å². The Balaban J connectivity index is 1.92. The highest BCUT2D eigenvalue weighted by atomic mass is 19.4. The Morgan fingerprint density at radius 3 is 2.29 bits per heavy atom. The van der Waals surface area contributed by atoms with Crippen molar-refractivity contribution in [2.75, 3.05) is 36.2 Å². The van der Waals surface area contributed by atoms with Gasteiger partial charge >= 0.3 is 6.18 Å². The summed E-state index contributed by atoms with van der Waals surface area (Å²) in [5.74, 6) is -0.425. The number of halogens is 3. The topological polar surface area (TPSA) is 44.4 Å². The van der Waals surface area contributed by atoms with Crippen molar-refractivity contribution in [3.05, 3.63) is 54.1 Å². The molecule has 2 rings (SSSR count). The summed E-state index contributed by atoms with van der Waals surface area (Å²) in [5.41, 5.74) is 1.08. The van der Waals surface area contributed by atoms with Crippen LogP contribution < -0.4 is 15.5 Å². The molecule has 4 nitrogen and oxygen atoms in total. The summed E-state index contributed by atoms with van der Waals surface area (Å²) in [6.07, 6.45) is -4.44. The van der Waals surface area contributed by atoms with Crippen molar-refractivity contribution in [1.82, 2.24) is 0 Å². The molecule has 2 N–H and O–H groups in total. The van der Waals surface area contributed by atoms with Crippen LogP contribution in [0.3, 0.4) is 0 Å². The third-order valence-electron chi connectivity index (χ3n) is 3.31. The van der Waals surface area contributed by atoms with Gasteiger partial charge in [0.25, 0.3) is 0 Å². The fraction of sp³-hybridized carbons (Fsp3) is 0.235. The van der Waals surface area contributed by atoms with E-state index in [4.69, 9.17) is 0 Å². The molecule has 0 spiro atoms. The normalized spacial score (nSPS) is 11.0. The third kappa shape index (κ3) is 4.91. The highest BCUT2D eigenvalue weighted by Crippen LogP contribution is 2.30. The van der Waals surface area contributed by atoms with E-state index >= 15 is 0 Å². The summed E-state index contributed by atoms with van der Waals surface area (Å²) in [4.78, 5) is 13.8. The van der Waals surface area contributed by atoms with Crippen LogP contribution in [0.25, 0.3) is 0 Å². The van der Waals surface area contributed by atoms with Crippen molar-refractivity contribution in [3.63, 3.8) is 0 Å². The molecule has 0 atom stereocenters. The zero-order valence-corrected chi connectivity index (χ0v) is 13.3.